The smallest absolute Gasteiger partial charge is 0.223 e. The number of benzene rings is 1. The Balaban J connectivity index is 1.54. The molecule has 1 N–H and O–H groups in total. The lowest BCUT2D eigenvalue weighted by molar-refractivity contribution is -0.125. The van der Waals surface area contributed by atoms with Crippen LogP contribution in [0.15, 0.2) is 24.3 Å². The number of rotatable bonds is 3. The van der Waals surface area contributed by atoms with E-state index in [0.717, 1.165) is 25.8 Å². The number of hydrogen-bond acceptors (Lipinski definition) is 1. The van der Waals surface area contributed by atoms with Crippen LogP contribution in [0, 0.1) is 11.8 Å². The Hall–Kier alpha value is -0.830. The summed E-state index contributed by atoms with van der Waals surface area (Å²) in [5.74, 6) is 1.04. The molecule has 108 valence electrons. The van der Waals surface area contributed by atoms with Gasteiger partial charge in [-0.2, -0.15) is 0 Å². The van der Waals surface area contributed by atoms with E-state index in [0.29, 0.717) is 10.7 Å². The SMILES string of the molecule is O=C(NCC1CCCC1Br)C1CCc2ccccc2C1. The maximum atomic E-state index is 12.3. The third-order valence-electron chi connectivity index (χ3n) is 4.82. The summed E-state index contributed by atoms with van der Waals surface area (Å²) >= 11 is 3.72. The molecule has 3 unspecified atom stereocenters. The lowest BCUT2D eigenvalue weighted by Crippen LogP contribution is -2.37. The van der Waals surface area contributed by atoms with Crippen LogP contribution in [0.2, 0.25) is 0 Å². The average Bonchev–Trinajstić information content (AvgIpc) is 2.89. The van der Waals surface area contributed by atoms with E-state index in [2.05, 4.69) is 45.5 Å². The molecule has 1 fully saturated rings. The molecule has 3 atom stereocenters. The van der Waals surface area contributed by atoms with Gasteiger partial charge in [0.05, 0.1) is 0 Å². The number of alkyl halides is 1. The quantitative estimate of drug-likeness (QED) is 0.842. The predicted octanol–water partition coefficient (Wildman–Crippen LogP) is 3.47. The summed E-state index contributed by atoms with van der Waals surface area (Å²) in [6.45, 7) is 0.840. The molecule has 0 heterocycles. The average molecular weight is 336 g/mol. The molecule has 3 heteroatoms. The number of carbonyl (C=O) groups is 1. The number of hydrogen-bond donors (Lipinski definition) is 1. The van der Waals surface area contributed by atoms with Gasteiger partial charge in [-0.3, -0.25) is 4.79 Å². The summed E-state index contributed by atoms with van der Waals surface area (Å²) in [7, 11) is 0. The van der Waals surface area contributed by atoms with Crippen molar-refractivity contribution in [1.29, 1.82) is 0 Å². The maximum absolute atomic E-state index is 12.3. The van der Waals surface area contributed by atoms with Crippen molar-refractivity contribution in [3.63, 3.8) is 0 Å². The van der Waals surface area contributed by atoms with E-state index in [4.69, 9.17) is 0 Å². The highest BCUT2D eigenvalue weighted by Gasteiger charge is 2.28. The molecule has 0 aliphatic heterocycles. The minimum atomic E-state index is 0.167. The highest BCUT2D eigenvalue weighted by molar-refractivity contribution is 9.09. The number of nitrogens with one attached hydrogen (secondary N) is 1. The zero-order chi connectivity index (χ0) is 13.9. The van der Waals surface area contributed by atoms with Gasteiger partial charge in [-0.1, -0.05) is 46.6 Å². The fourth-order valence-electron chi connectivity index (χ4n) is 3.52. The predicted molar refractivity (Wildman–Crippen MR) is 85.0 cm³/mol. The number of carbonyl (C=O) groups excluding carboxylic acids is 1. The van der Waals surface area contributed by atoms with Crippen LogP contribution in [-0.2, 0) is 17.6 Å². The van der Waals surface area contributed by atoms with Gasteiger partial charge in [-0.25, -0.2) is 0 Å². The molecule has 0 radical (unpaired) electrons. The molecule has 0 saturated heterocycles. The van der Waals surface area contributed by atoms with Crippen LogP contribution in [0.5, 0.6) is 0 Å². The summed E-state index contributed by atoms with van der Waals surface area (Å²) in [5.41, 5.74) is 2.78. The molecular formula is C17H22BrNO. The molecule has 0 spiro atoms. The Morgan fingerprint density at radius 3 is 2.75 bits per heavy atom. The van der Waals surface area contributed by atoms with Crippen LogP contribution in [0.25, 0.3) is 0 Å². The first-order valence-corrected chi connectivity index (χ1v) is 8.64. The summed E-state index contributed by atoms with van der Waals surface area (Å²) in [4.78, 5) is 12.9. The van der Waals surface area contributed by atoms with Gasteiger partial charge in [0.2, 0.25) is 5.91 Å². The van der Waals surface area contributed by atoms with E-state index in [9.17, 15) is 4.79 Å². The number of fused-ring (bicyclic) bond motifs is 1. The van der Waals surface area contributed by atoms with Crippen molar-refractivity contribution in [3.8, 4) is 0 Å². The van der Waals surface area contributed by atoms with E-state index < -0.39 is 0 Å². The zero-order valence-corrected chi connectivity index (χ0v) is 13.4. The third-order valence-corrected chi connectivity index (χ3v) is 6.03. The second-order valence-corrected chi connectivity index (χ2v) is 7.34. The Labute approximate surface area is 129 Å². The summed E-state index contributed by atoms with van der Waals surface area (Å²) in [6.07, 6.45) is 6.71. The normalized spacial score (nSPS) is 28.9. The third kappa shape index (κ3) is 3.08. The second kappa shape index (κ2) is 6.30. The van der Waals surface area contributed by atoms with E-state index in [-0.39, 0.29) is 11.8 Å². The van der Waals surface area contributed by atoms with Crippen LogP contribution >= 0.6 is 15.9 Å². The van der Waals surface area contributed by atoms with Crippen molar-refractivity contribution in [2.75, 3.05) is 6.54 Å². The van der Waals surface area contributed by atoms with Gasteiger partial charge in [0.15, 0.2) is 0 Å². The fraction of sp³-hybridized carbons (Fsp3) is 0.588. The zero-order valence-electron chi connectivity index (χ0n) is 11.8. The molecule has 1 amide bonds. The molecule has 1 aromatic rings. The van der Waals surface area contributed by atoms with Crippen molar-refractivity contribution < 1.29 is 4.79 Å². The molecular weight excluding hydrogens is 314 g/mol. The highest BCUT2D eigenvalue weighted by Crippen LogP contribution is 2.31. The first-order chi connectivity index (χ1) is 9.74. The number of aryl methyl sites for hydroxylation is 1. The maximum Gasteiger partial charge on any atom is 0.223 e. The Morgan fingerprint density at radius 1 is 1.20 bits per heavy atom. The second-order valence-electron chi connectivity index (χ2n) is 6.16. The van der Waals surface area contributed by atoms with Gasteiger partial charge in [0.25, 0.3) is 0 Å². The molecule has 2 aliphatic carbocycles. The monoisotopic (exact) mass is 335 g/mol. The molecule has 1 saturated carbocycles. The minimum Gasteiger partial charge on any atom is -0.356 e. The summed E-state index contributed by atoms with van der Waals surface area (Å²) in [5, 5.41) is 3.19. The van der Waals surface area contributed by atoms with Gasteiger partial charge in [0.1, 0.15) is 0 Å². The molecule has 1 aromatic carbocycles. The van der Waals surface area contributed by atoms with Crippen molar-refractivity contribution in [1.82, 2.24) is 5.32 Å². The van der Waals surface area contributed by atoms with Crippen molar-refractivity contribution in [3.05, 3.63) is 35.4 Å². The highest BCUT2D eigenvalue weighted by atomic mass is 79.9. The molecule has 0 bridgehead atoms. The largest absolute Gasteiger partial charge is 0.356 e. The van der Waals surface area contributed by atoms with Gasteiger partial charge in [0, 0.05) is 17.3 Å². The van der Waals surface area contributed by atoms with Crippen LogP contribution < -0.4 is 5.32 Å². The fourth-order valence-corrected chi connectivity index (χ4v) is 4.29. The molecule has 2 nitrogen and oxygen atoms in total. The van der Waals surface area contributed by atoms with Crippen molar-refractivity contribution >= 4 is 21.8 Å². The van der Waals surface area contributed by atoms with Gasteiger partial charge in [-0.05, 0) is 49.1 Å². The molecule has 3 rings (SSSR count). The van der Waals surface area contributed by atoms with E-state index >= 15 is 0 Å². The first-order valence-electron chi connectivity index (χ1n) is 7.72. The van der Waals surface area contributed by atoms with Crippen molar-refractivity contribution in [2.24, 2.45) is 11.8 Å². The Morgan fingerprint density at radius 2 is 2.00 bits per heavy atom. The molecule has 2 aliphatic rings. The topological polar surface area (TPSA) is 29.1 Å². The standard InChI is InChI=1S/C17H22BrNO/c18-16-7-3-6-15(16)11-19-17(20)14-9-8-12-4-1-2-5-13(12)10-14/h1-2,4-5,14-16H,3,6-11H2,(H,19,20). The number of halogens is 1. The van der Waals surface area contributed by atoms with Gasteiger partial charge in [-0.15, -0.1) is 0 Å². The summed E-state index contributed by atoms with van der Waals surface area (Å²) < 4.78 is 0. The van der Waals surface area contributed by atoms with E-state index in [1.807, 2.05) is 0 Å². The van der Waals surface area contributed by atoms with E-state index in [1.165, 1.54) is 30.4 Å². The van der Waals surface area contributed by atoms with E-state index in [1.54, 1.807) is 0 Å². The van der Waals surface area contributed by atoms with Gasteiger partial charge < -0.3 is 5.32 Å². The lowest BCUT2D eigenvalue weighted by Gasteiger charge is -2.24. The number of amides is 1. The first kappa shape index (κ1) is 14.1. The van der Waals surface area contributed by atoms with Crippen LogP contribution in [-0.4, -0.2) is 17.3 Å². The van der Waals surface area contributed by atoms with Crippen LogP contribution in [0.4, 0.5) is 0 Å². The molecule has 20 heavy (non-hydrogen) atoms. The van der Waals surface area contributed by atoms with Crippen LogP contribution in [0.3, 0.4) is 0 Å². The van der Waals surface area contributed by atoms with Crippen LogP contribution in [0.1, 0.15) is 36.8 Å². The lowest BCUT2D eigenvalue weighted by atomic mass is 9.83. The van der Waals surface area contributed by atoms with Gasteiger partial charge >= 0.3 is 0 Å². The molecule has 0 aromatic heterocycles. The van der Waals surface area contributed by atoms with Crippen molar-refractivity contribution in [2.45, 2.75) is 43.4 Å². The Bertz CT molecular complexity index is 488. The Kier molecular flexibility index (Phi) is 4.45. The minimum absolute atomic E-state index is 0.167. The summed E-state index contributed by atoms with van der Waals surface area (Å²) in [6, 6.07) is 8.53.